The molecule has 1 N–H and O–H groups in total. The number of hydrogen-bond donors (Lipinski definition) is 1. The first-order valence-electron chi connectivity index (χ1n) is 7.35. The number of nitrogens with zero attached hydrogens (tertiary/aromatic N) is 1. The zero-order valence-corrected chi connectivity index (χ0v) is 15.4. The second-order valence-corrected chi connectivity index (χ2v) is 6.71. The van der Waals surface area contributed by atoms with Crippen LogP contribution in [0.5, 0.6) is 0 Å². The first-order chi connectivity index (χ1) is 9.90. The lowest BCUT2D eigenvalue weighted by Gasteiger charge is -2.33. The van der Waals surface area contributed by atoms with Gasteiger partial charge >= 0.3 is 0 Å². The van der Waals surface area contributed by atoms with Crippen molar-refractivity contribution < 1.29 is 4.79 Å². The van der Waals surface area contributed by atoms with E-state index in [0.29, 0.717) is 16.1 Å². The number of halogens is 3. The van der Waals surface area contributed by atoms with Crippen LogP contribution in [0.1, 0.15) is 38.3 Å². The quantitative estimate of drug-likeness (QED) is 0.865. The molecule has 1 fully saturated rings. The van der Waals surface area contributed by atoms with Gasteiger partial charge in [-0.15, -0.1) is 12.4 Å². The molecule has 0 aliphatic carbocycles. The minimum absolute atomic E-state index is 0. The average Bonchev–Trinajstić information content (AvgIpc) is 2.45. The summed E-state index contributed by atoms with van der Waals surface area (Å²) in [5.41, 5.74) is 0.930. The lowest BCUT2D eigenvalue weighted by atomic mass is 9.91. The molecular weight excluding hydrogens is 343 g/mol. The molecule has 0 aromatic heterocycles. The number of piperidine rings is 1. The van der Waals surface area contributed by atoms with E-state index in [-0.39, 0.29) is 30.3 Å². The van der Waals surface area contributed by atoms with Gasteiger partial charge in [0.1, 0.15) is 0 Å². The maximum atomic E-state index is 12.7. The molecule has 124 valence electrons. The standard InChI is InChI=1S/C16H22Cl2N2O.ClH/c1-10-8-12(6-7-19-10)16(21)20(3)11(2)14-5-4-13(17)9-15(14)18;/h4-5,9-12,19H,6-8H2,1-3H3;1H/t10-,11?,12-;/m0./s1. The molecule has 1 amide bonds. The highest BCUT2D eigenvalue weighted by Crippen LogP contribution is 2.30. The van der Waals surface area contributed by atoms with Crippen LogP contribution >= 0.6 is 35.6 Å². The third kappa shape index (κ3) is 4.51. The average molecular weight is 366 g/mol. The van der Waals surface area contributed by atoms with Crippen LogP contribution in [0.15, 0.2) is 18.2 Å². The Labute approximate surface area is 148 Å². The normalized spacial score (nSPS) is 22.6. The highest BCUT2D eigenvalue weighted by atomic mass is 35.5. The number of amides is 1. The van der Waals surface area contributed by atoms with Crippen LogP contribution in [0.2, 0.25) is 10.0 Å². The summed E-state index contributed by atoms with van der Waals surface area (Å²) in [7, 11) is 1.85. The Hall–Kier alpha value is -0.480. The lowest BCUT2D eigenvalue weighted by molar-refractivity contribution is -0.137. The number of carbonyl (C=O) groups excluding carboxylic acids is 1. The maximum Gasteiger partial charge on any atom is 0.226 e. The largest absolute Gasteiger partial charge is 0.339 e. The summed E-state index contributed by atoms with van der Waals surface area (Å²) in [5, 5.41) is 4.59. The molecule has 1 aromatic rings. The van der Waals surface area contributed by atoms with Gasteiger partial charge in [0.15, 0.2) is 0 Å². The van der Waals surface area contributed by atoms with E-state index in [1.165, 1.54) is 0 Å². The number of nitrogens with one attached hydrogen (secondary N) is 1. The van der Waals surface area contributed by atoms with E-state index in [1.54, 1.807) is 11.0 Å². The lowest BCUT2D eigenvalue weighted by Crippen LogP contribution is -2.43. The van der Waals surface area contributed by atoms with E-state index in [2.05, 4.69) is 12.2 Å². The summed E-state index contributed by atoms with van der Waals surface area (Å²) in [6.07, 6.45) is 1.79. The van der Waals surface area contributed by atoms with Crippen LogP contribution in [-0.4, -0.2) is 30.4 Å². The topological polar surface area (TPSA) is 32.3 Å². The summed E-state index contributed by atoms with van der Waals surface area (Å²) in [4.78, 5) is 14.5. The van der Waals surface area contributed by atoms with Crippen molar-refractivity contribution in [3.63, 3.8) is 0 Å². The highest BCUT2D eigenvalue weighted by Gasteiger charge is 2.29. The van der Waals surface area contributed by atoms with Crippen molar-refractivity contribution in [1.82, 2.24) is 10.2 Å². The van der Waals surface area contributed by atoms with Crippen molar-refractivity contribution in [2.24, 2.45) is 5.92 Å². The predicted octanol–water partition coefficient (Wildman–Crippen LogP) is 4.32. The van der Waals surface area contributed by atoms with E-state index < -0.39 is 0 Å². The second-order valence-electron chi connectivity index (χ2n) is 5.87. The van der Waals surface area contributed by atoms with Gasteiger partial charge in [0, 0.05) is 29.1 Å². The molecule has 0 bridgehead atoms. The molecule has 3 nitrogen and oxygen atoms in total. The summed E-state index contributed by atoms with van der Waals surface area (Å²) in [6, 6.07) is 5.76. The van der Waals surface area contributed by atoms with Crippen LogP contribution in [-0.2, 0) is 4.79 Å². The van der Waals surface area contributed by atoms with Crippen molar-refractivity contribution in [1.29, 1.82) is 0 Å². The Morgan fingerprint density at radius 3 is 2.68 bits per heavy atom. The summed E-state index contributed by atoms with van der Waals surface area (Å²) >= 11 is 12.2. The van der Waals surface area contributed by atoms with Crippen LogP contribution in [0.3, 0.4) is 0 Å². The van der Waals surface area contributed by atoms with Gasteiger partial charge in [-0.25, -0.2) is 0 Å². The number of carbonyl (C=O) groups is 1. The first kappa shape index (κ1) is 19.6. The van der Waals surface area contributed by atoms with Crippen molar-refractivity contribution in [3.8, 4) is 0 Å². The third-order valence-corrected chi connectivity index (χ3v) is 4.88. The van der Waals surface area contributed by atoms with E-state index in [0.717, 1.165) is 24.9 Å². The molecule has 1 heterocycles. The molecule has 22 heavy (non-hydrogen) atoms. The van der Waals surface area contributed by atoms with Gasteiger partial charge < -0.3 is 10.2 Å². The van der Waals surface area contributed by atoms with Gasteiger partial charge in [-0.3, -0.25) is 4.79 Å². The summed E-state index contributed by atoms with van der Waals surface area (Å²) < 4.78 is 0. The molecule has 1 aromatic carbocycles. The fraction of sp³-hybridized carbons (Fsp3) is 0.562. The van der Waals surface area contributed by atoms with Crippen molar-refractivity contribution in [3.05, 3.63) is 33.8 Å². The van der Waals surface area contributed by atoms with Crippen molar-refractivity contribution >= 4 is 41.5 Å². The number of hydrogen-bond acceptors (Lipinski definition) is 2. The molecule has 1 aliphatic heterocycles. The molecule has 6 heteroatoms. The zero-order chi connectivity index (χ0) is 15.6. The smallest absolute Gasteiger partial charge is 0.226 e. The summed E-state index contributed by atoms with van der Waals surface area (Å²) in [5.74, 6) is 0.293. The van der Waals surface area contributed by atoms with Gasteiger partial charge in [0.25, 0.3) is 0 Å². The molecule has 0 spiro atoms. The highest BCUT2D eigenvalue weighted by molar-refractivity contribution is 6.35. The molecule has 1 aliphatic rings. The minimum Gasteiger partial charge on any atom is -0.339 e. The molecule has 2 rings (SSSR count). The number of rotatable bonds is 3. The molecular formula is C16H23Cl3N2O. The fourth-order valence-corrected chi connectivity index (χ4v) is 3.45. The first-order valence-corrected chi connectivity index (χ1v) is 8.10. The Morgan fingerprint density at radius 1 is 1.41 bits per heavy atom. The van der Waals surface area contributed by atoms with Crippen LogP contribution in [0, 0.1) is 5.92 Å². The van der Waals surface area contributed by atoms with Gasteiger partial charge in [-0.1, -0.05) is 29.3 Å². The van der Waals surface area contributed by atoms with Gasteiger partial charge in [-0.2, -0.15) is 0 Å². The Kier molecular flexibility index (Phi) is 7.47. The van der Waals surface area contributed by atoms with E-state index in [9.17, 15) is 4.79 Å². The monoisotopic (exact) mass is 364 g/mol. The Bertz CT molecular complexity index is 524. The van der Waals surface area contributed by atoms with Gasteiger partial charge in [0.05, 0.1) is 6.04 Å². The Morgan fingerprint density at radius 2 is 2.09 bits per heavy atom. The minimum atomic E-state index is -0.0625. The second kappa shape index (κ2) is 8.39. The SMILES string of the molecule is CC(c1ccc(Cl)cc1Cl)N(C)C(=O)[C@H]1CCN[C@@H](C)C1.Cl. The van der Waals surface area contributed by atoms with Crippen LogP contribution < -0.4 is 5.32 Å². The molecule has 1 unspecified atom stereocenters. The molecule has 0 radical (unpaired) electrons. The van der Waals surface area contributed by atoms with Crippen molar-refractivity contribution in [2.45, 2.75) is 38.8 Å². The van der Waals surface area contributed by atoms with Gasteiger partial charge in [-0.05, 0) is 50.9 Å². The van der Waals surface area contributed by atoms with Crippen LogP contribution in [0.4, 0.5) is 0 Å². The Balaban J connectivity index is 0.00000242. The molecule has 1 saturated heterocycles. The predicted molar refractivity (Wildman–Crippen MR) is 95.1 cm³/mol. The summed E-state index contributed by atoms with van der Waals surface area (Å²) in [6.45, 7) is 5.03. The van der Waals surface area contributed by atoms with E-state index in [1.807, 2.05) is 26.1 Å². The zero-order valence-electron chi connectivity index (χ0n) is 13.1. The van der Waals surface area contributed by atoms with E-state index in [4.69, 9.17) is 23.2 Å². The fourth-order valence-electron chi connectivity index (χ4n) is 2.88. The third-order valence-electron chi connectivity index (χ3n) is 4.31. The van der Waals surface area contributed by atoms with Crippen LogP contribution in [0.25, 0.3) is 0 Å². The molecule has 0 saturated carbocycles. The van der Waals surface area contributed by atoms with Gasteiger partial charge in [0.2, 0.25) is 5.91 Å². The number of benzene rings is 1. The maximum absolute atomic E-state index is 12.7. The molecule has 3 atom stereocenters. The van der Waals surface area contributed by atoms with Crippen molar-refractivity contribution in [2.75, 3.05) is 13.6 Å². The van der Waals surface area contributed by atoms with E-state index >= 15 is 0 Å².